The van der Waals surface area contributed by atoms with Crippen molar-refractivity contribution >= 4 is 29.3 Å². The van der Waals surface area contributed by atoms with Crippen molar-refractivity contribution in [2.75, 3.05) is 12.0 Å². The van der Waals surface area contributed by atoms with Gasteiger partial charge in [-0.05, 0) is 31.5 Å². The van der Waals surface area contributed by atoms with Gasteiger partial charge in [-0.1, -0.05) is 43.7 Å². The van der Waals surface area contributed by atoms with Gasteiger partial charge in [-0.25, -0.2) is 9.29 Å². The largest absolute Gasteiger partial charge is 0.468 e. The van der Waals surface area contributed by atoms with Gasteiger partial charge in [0.05, 0.1) is 24.6 Å². The number of benzene rings is 2. The molecule has 7 nitrogen and oxygen atoms in total. The Morgan fingerprint density at radius 2 is 1.85 bits per heavy atom. The Hall–Kier alpha value is -3.39. The van der Waals surface area contributed by atoms with Crippen LogP contribution >= 0.6 is 0 Å². The van der Waals surface area contributed by atoms with Gasteiger partial charge < -0.3 is 4.74 Å². The molecule has 0 aromatic heterocycles. The number of nitrogens with zero attached hydrogens (tertiary/aromatic N) is 1. The van der Waals surface area contributed by atoms with E-state index in [1.165, 1.54) is 32.2 Å². The second-order valence-electron chi connectivity index (χ2n) is 8.48. The summed E-state index contributed by atoms with van der Waals surface area (Å²) in [6.07, 6.45) is 0.753. The molecule has 8 heteroatoms. The number of hydrogen-bond acceptors (Lipinski definition) is 6. The van der Waals surface area contributed by atoms with Gasteiger partial charge in [-0.15, -0.1) is 0 Å². The van der Waals surface area contributed by atoms with E-state index in [1.54, 1.807) is 30.3 Å². The van der Waals surface area contributed by atoms with E-state index in [4.69, 9.17) is 4.74 Å². The van der Waals surface area contributed by atoms with Crippen LogP contribution in [0.1, 0.15) is 48.7 Å². The van der Waals surface area contributed by atoms with Gasteiger partial charge in [-0.3, -0.25) is 24.5 Å². The number of nitrogens with one attached hydrogen (secondary N) is 1. The number of amides is 2. The zero-order valence-corrected chi connectivity index (χ0v) is 18.6. The van der Waals surface area contributed by atoms with Crippen molar-refractivity contribution in [1.82, 2.24) is 5.32 Å². The third-order valence-corrected chi connectivity index (χ3v) is 6.60. The standard InChI is InChI=1S/C25H25FN2O5/c1-4-12-25(24(32)33-3)20-19(21(27-25)17-10-5-6-11-18(17)26)22(30)28(23(20)31)16-9-7-8-15(13-16)14(2)29/h5-11,13,19-21,27H,4,12H2,1-3H3/t19-,20+,21+,25-/m0/s1. The van der Waals surface area contributed by atoms with Crippen molar-refractivity contribution in [3.05, 3.63) is 65.5 Å². The normalized spacial score (nSPS) is 26.4. The molecule has 2 aliphatic rings. The number of imide groups is 1. The van der Waals surface area contributed by atoms with Gasteiger partial charge in [0.25, 0.3) is 0 Å². The molecule has 0 bridgehead atoms. The van der Waals surface area contributed by atoms with E-state index < -0.39 is 47.0 Å². The summed E-state index contributed by atoms with van der Waals surface area (Å²) in [5.41, 5.74) is -0.688. The fourth-order valence-corrected chi connectivity index (χ4v) is 5.21. The number of ketones is 1. The van der Waals surface area contributed by atoms with Gasteiger partial charge in [0.15, 0.2) is 5.78 Å². The molecule has 172 valence electrons. The highest BCUT2D eigenvalue weighted by molar-refractivity contribution is 6.24. The maximum Gasteiger partial charge on any atom is 0.326 e. The Morgan fingerprint density at radius 3 is 2.48 bits per heavy atom. The van der Waals surface area contributed by atoms with E-state index in [9.17, 15) is 23.6 Å². The first-order valence-corrected chi connectivity index (χ1v) is 10.9. The molecular weight excluding hydrogens is 427 g/mol. The number of hydrogen-bond donors (Lipinski definition) is 1. The van der Waals surface area contributed by atoms with Crippen LogP contribution in [0, 0.1) is 17.7 Å². The van der Waals surface area contributed by atoms with Crippen molar-refractivity contribution in [3.63, 3.8) is 0 Å². The summed E-state index contributed by atoms with van der Waals surface area (Å²) in [6.45, 7) is 3.25. The molecule has 4 rings (SSSR count). The van der Waals surface area contributed by atoms with E-state index >= 15 is 0 Å². The van der Waals surface area contributed by atoms with Crippen LogP contribution in [0.4, 0.5) is 10.1 Å². The Morgan fingerprint density at radius 1 is 1.12 bits per heavy atom. The van der Waals surface area contributed by atoms with E-state index in [2.05, 4.69) is 5.32 Å². The van der Waals surface area contributed by atoms with Gasteiger partial charge in [0.2, 0.25) is 11.8 Å². The van der Waals surface area contributed by atoms with Gasteiger partial charge in [0.1, 0.15) is 11.4 Å². The summed E-state index contributed by atoms with van der Waals surface area (Å²) >= 11 is 0. The predicted octanol–water partition coefficient (Wildman–Crippen LogP) is 3.19. The summed E-state index contributed by atoms with van der Waals surface area (Å²) in [6, 6.07) is 11.3. The second-order valence-corrected chi connectivity index (χ2v) is 8.48. The average molecular weight is 452 g/mol. The van der Waals surface area contributed by atoms with Crippen molar-refractivity contribution in [2.24, 2.45) is 11.8 Å². The van der Waals surface area contributed by atoms with Crippen molar-refractivity contribution < 1.29 is 28.3 Å². The Kier molecular flexibility index (Phi) is 5.88. The molecule has 2 aromatic carbocycles. The highest BCUT2D eigenvalue weighted by Gasteiger charge is 2.68. The van der Waals surface area contributed by atoms with Crippen LogP contribution in [0.3, 0.4) is 0 Å². The SMILES string of the molecule is CCC[C@]1(C(=O)OC)N[C@H](c2ccccc2F)[C@H]2C(=O)N(c3cccc(C(C)=O)c3)C(=O)[C@@H]21. The van der Waals surface area contributed by atoms with Crippen molar-refractivity contribution in [1.29, 1.82) is 0 Å². The fourth-order valence-electron chi connectivity index (χ4n) is 5.21. The Balaban J connectivity index is 1.88. The lowest BCUT2D eigenvalue weighted by Crippen LogP contribution is -2.56. The number of halogens is 1. The molecule has 0 saturated carbocycles. The van der Waals surface area contributed by atoms with Crippen LogP contribution < -0.4 is 10.2 Å². The summed E-state index contributed by atoms with van der Waals surface area (Å²) < 4.78 is 19.9. The number of anilines is 1. The number of fused-ring (bicyclic) bond motifs is 1. The minimum absolute atomic E-state index is 0.204. The number of ether oxygens (including phenoxy) is 1. The first kappa shape index (κ1) is 22.8. The fraction of sp³-hybridized carbons (Fsp3) is 0.360. The molecule has 0 spiro atoms. The lowest BCUT2D eigenvalue weighted by atomic mass is 9.77. The third-order valence-electron chi connectivity index (χ3n) is 6.60. The first-order valence-electron chi connectivity index (χ1n) is 10.9. The highest BCUT2D eigenvalue weighted by Crippen LogP contribution is 2.52. The molecule has 0 aliphatic carbocycles. The molecule has 2 amide bonds. The minimum atomic E-state index is -1.49. The molecule has 2 heterocycles. The van der Waals surface area contributed by atoms with E-state index in [0.29, 0.717) is 12.0 Å². The molecule has 0 unspecified atom stereocenters. The molecule has 0 radical (unpaired) electrons. The Labute approximate surface area is 190 Å². The van der Waals surface area contributed by atoms with E-state index in [1.807, 2.05) is 6.92 Å². The topological polar surface area (TPSA) is 92.8 Å². The Bertz CT molecular complexity index is 1150. The number of methoxy groups -OCH3 is 1. The summed E-state index contributed by atoms with van der Waals surface area (Å²) in [4.78, 5) is 53.4. The maximum absolute atomic E-state index is 14.8. The van der Waals surface area contributed by atoms with E-state index in [-0.39, 0.29) is 23.5 Å². The van der Waals surface area contributed by atoms with Crippen LogP contribution in [0.2, 0.25) is 0 Å². The van der Waals surface area contributed by atoms with Crippen LogP contribution in [-0.4, -0.2) is 36.2 Å². The quantitative estimate of drug-likeness (QED) is 0.411. The van der Waals surface area contributed by atoms with Gasteiger partial charge in [0, 0.05) is 17.2 Å². The third kappa shape index (κ3) is 3.45. The van der Waals surface area contributed by atoms with Crippen LogP contribution in [0.5, 0.6) is 0 Å². The van der Waals surface area contributed by atoms with Crippen molar-refractivity contribution in [3.8, 4) is 0 Å². The first-order chi connectivity index (χ1) is 15.8. The molecule has 2 fully saturated rings. The molecule has 4 atom stereocenters. The van der Waals surface area contributed by atoms with E-state index in [0.717, 1.165) is 4.90 Å². The zero-order chi connectivity index (χ0) is 23.9. The van der Waals surface area contributed by atoms with Crippen LogP contribution in [0.15, 0.2) is 48.5 Å². The monoisotopic (exact) mass is 452 g/mol. The van der Waals surface area contributed by atoms with Gasteiger partial charge in [-0.2, -0.15) is 0 Å². The molecule has 1 N–H and O–H groups in total. The number of Topliss-reactive ketones (excluding diaryl/α,β-unsaturated/α-hetero) is 1. The molecule has 33 heavy (non-hydrogen) atoms. The predicted molar refractivity (Wildman–Crippen MR) is 118 cm³/mol. The highest BCUT2D eigenvalue weighted by atomic mass is 19.1. The lowest BCUT2D eigenvalue weighted by Gasteiger charge is -2.32. The summed E-state index contributed by atoms with van der Waals surface area (Å²) in [7, 11) is 1.22. The second kappa shape index (κ2) is 8.51. The number of carbonyl (C=O) groups excluding carboxylic acids is 4. The number of esters is 1. The number of rotatable bonds is 6. The maximum atomic E-state index is 14.8. The zero-order valence-electron chi connectivity index (χ0n) is 18.6. The molecular formula is C25H25FN2O5. The summed E-state index contributed by atoms with van der Waals surface area (Å²) in [5.74, 6) is -4.63. The average Bonchev–Trinajstić information content (AvgIpc) is 3.28. The lowest BCUT2D eigenvalue weighted by molar-refractivity contribution is -0.152. The van der Waals surface area contributed by atoms with Gasteiger partial charge >= 0.3 is 5.97 Å². The number of carbonyl (C=O) groups is 4. The molecule has 2 saturated heterocycles. The van der Waals surface area contributed by atoms with Crippen LogP contribution in [-0.2, 0) is 19.1 Å². The van der Waals surface area contributed by atoms with Crippen LogP contribution in [0.25, 0.3) is 0 Å². The molecule has 2 aromatic rings. The smallest absolute Gasteiger partial charge is 0.326 e. The molecule has 2 aliphatic heterocycles. The minimum Gasteiger partial charge on any atom is -0.468 e. The summed E-state index contributed by atoms with van der Waals surface area (Å²) in [5, 5.41) is 3.14. The van der Waals surface area contributed by atoms with Crippen molar-refractivity contribution in [2.45, 2.75) is 38.3 Å².